The van der Waals surface area contributed by atoms with Gasteiger partial charge in [0.1, 0.15) is 5.75 Å². The molecule has 1 amide bonds. The molecule has 0 spiro atoms. The van der Waals surface area contributed by atoms with Crippen LogP contribution in [0.2, 0.25) is 0 Å². The summed E-state index contributed by atoms with van der Waals surface area (Å²) in [7, 11) is 7.04. The van der Waals surface area contributed by atoms with Crippen LogP contribution in [0.4, 0.5) is 11.4 Å². The minimum Gasteiger partial charge on any atom is -0.495 e. The van der Waals surface area contributed by atoms with E-state index in [1.165, 1.54) is 0 Å². The van der Waals surface area contributed by atoms with Crippen molar-refractivity contribution in [1.29, 1.82) is 0 Å². The Morgan fingerprint density at radius 2 is 2.00 bits per heavy atom. The third-order valence-electron chi connectivity index (χ3n) is 4.29. The number of anilines is 2. The standard InChI is InChI=1S/C14H18N2O3/c1-15-8-7-14(19-4)11-9(15)5-6-10(18-3)12(11)16(2)13(14)17/h5-6H,7-8H2,1-4H3. The predicted molar refractivity (Wildman–Crippen MR) is 73.0 cm³/mol. The van der Waals surface area contributed by atoms with Crippen molar-refractivity contribution in [2.24, 2.45) is 0 Å². The van der Waals surface area contributed by atoms with E-state index in [2.05, 4.69) is 4.90 Å². The molecule has 1 atom stereocenters. The van der Waals surface area contributed by atoms with Crippen LogP contribution in [0, 0.1) is 0 Å². The second-order valence-corrected chi connectivity index (χ2v) is 5.08. The zero-order valence-electron chi connectivity index (χ0n) is 11.7. The summed E-state index contributed by atoms with van der Waals surface area (Å²) in [4.78, 5) is 16.4. The van der Waals surface area contributed by atoms with Crippen molar-refractivity contribution in [1.82, 2.24) is 0 Å². The first-order valence-electron chi connectivity index (χ1n) is 6.32. The first kappa shape index (κ1) is 12.3. The smallest absolute Gasteiger partial charge is 0.263 e. The maximum atomic E-state index is 12.6. The van der Waals surface area contributed by atoms with Crippen molar-refractivity contribution in [3.05, 3.63) is 17.7 Å². The van der Waals surface area contributed by atoms with Gasteiger partial charge in [0.25, 0.3) is 5.91 Å². The van der Waals surface area contributed by atoms with Gasteiger partial charge >= 0.3 is 0 Å². The first-order chi connectivity index (χ1) is 9.06. The molecule has 0 saturated carbocycles. The van der Waals surface area contributed by atoms with Crippen molar-refractivity contribution in [2.45, 2.75) is 12.0 Å². The zero-order valence-corrected chi connectivity index (χ0v) is 11.7. The minimum absolute atomic E-state index is 0.0103. The van der Waals surface area contributed by atoms with Gasteiger partial charge in [-0.15, -0.1) is 0 Å². The predicted octanol–water partition coefficient (Wildman–Crippen LogP) is 1.35. The van der Waals surface area contributed by atoms with E-state index < -0.39 is 5.60 Å². The number of rotatable bonds is 2. The molecule has 1 aromatic rings. The molecular weight excluding hydrogens is 244 g/mol. The number of hydrogen-bond donors (Lipinski definition) is 0. The summed E-state index contributed by atoms with van der Waals surface area (Å²) in [5, 5.41) is 0. The number of amides is 1. The van der Waals surface area contributed by atoms with Crippen LogP contribution in [-0.4, -0.2) is 40.8 Å². The van der Waals surface area contributed by atoms with Crippen LogP contribution in [0.25, 0.3) is 0 Å². The van der Waals surface area contributed by atoms with Gasteiger partial charge in [-0.3, -0.25) is 4.79 Å². The Morgan fingerprint density at radius 3 is 2.63 bits per heavy atom. The van der Waals surface area contributed by atoms with Crippen LogP contribution in [0.5, 0.6) is 5.75 Å². The summed E-state index contributed by atoms with van der Waals surface area (Å²) in [6.07, 6.45) is 0.663. The van der Waals surface area contributed by atoms with E-state index in [0.717, 1.165) is 23.5 Å². The normalized spacial score (nSPS) is 24.7. The molecule has 2 aliphatic rings. The molecule has 0 aromatic heterocycles. The molecule has 5 nitrogen and oxygen atoms in total. The number of carbonyl (C=O) groups is 1. The molecule has 19 heavy (non-hydrogen) atoms. The van der Waals surface area contributed by atoms with Gasteiger partial charge in [-0.1, -0.05) is 0 Å². The summed E-state index contributed by atoms with van der Waals surface area (Å²) in [5.41, 5.74) is 1.97. The van der Waals surface area contributed by atoms with Gasteiger partial charge in [0.15, 0.2) is 5.60 Å². The average Bonchev–Trinajstić information content (AvgIpc) is 2.66. The largest absolute Gasteiger partial charge is 0.495 e. The molecule has 5 heteroatoms. The second-order valence-electron chi connectivity index (χ2n) is 5.08. The van der Waals surface area contributed by atoms with E-state index in [0.29, 0.717) is 12.2 Å². The lowest BCUT2D eigenvalue weighted by Gasteiger charge is -2.37. The molecule has 0 fully saturated rings. The van der Waals surface area contributed by atoms with Gasteiger partial charge < -0.3 is 19.3 Å². The highest BCUT2D eigenvalue weighted by Gasteiger charge is 2.55. The van der Waals surface area contributed by atoms with Crippen molar-refractivity contribution < 1.29 is 14.3 Å². The molecular formula is C14H18N2O3. The SMILES string of the molecule is COc1ccc2c3c1N(C)C(=O)C3(OC)CCN2C. The summed E-state index contributed by atoms with van der Waals surface area (Å²) in [5.74, 6) is 0.702. The minimum atomic E-state index is -0.847. The van der Waals surface area contributed by atoms with Crippen LogP contribution in [0.3, 0.4) is 0 Å². The fourth-order valence-electron chi connectivity index (χ4n) is 3.22. The Bertz CT molecular complexity index is 558. The third-order valence-corrected chi connectivity index (χ3v) is 4.29. The maximum absolute atomic E-state index is 12.6. The molecule has 0 aliphatic carbocycles. The second kappa shape index (κ2) is 3.87. The summed E-state index contributed by atoms with van der Waals surface area (Å²) in [6.45, 7) is 0.798. The van der Waals surface area contributed by atoms with E-state index >= 15 is 0 Å². The summed E-state index contributed by atoms with van der Waals surface area (Å²) < 4.78 is 11.1. The van der Waals surface area contributed by atoms with E-state index in [4.69, 9.17) is 9.47 Å². The van der Waals surface area contributed by atoms with Crippen molar-refractivity contribution >= 4 is 17.3 Å². The Kier molecular flexibility index (Phi) is 2.50. The molecule has 0 saturated heterocycles. The van der Waals surface area contributed by atoms with E-state index in [1.54, 1.807) is 26.2 Å². The van der Waals surface area contributed by atoms with Crippen molar-refractivity contribution in [2.75, 3.05) is 44.7 Å². The van der Waals surface area contributed by atoms with Gasteiger partial charge in [-0.2, -0.15) is 0 Å². The molecule has 0 N–H and O–H groups in total. The molecule has 0 bridgehead atoms. The summed E-state index contributed by atoms with van der Waals surface area (Å²) >= 11 is 0. The quantitative estimate of drug-likeness (QED) is 0.807. The lowest BCUT2D eigenvalue weighted by molar-refractivity contribution is -0.140. The Morgan fingerprint density at radius 1 is 1.26 bits per heavy atom. The Hall–Kier alpha value is -1.75. The van der Waals surface area contributed by atoms with Crippen LogP contribution < -0.4 is 14.5 Å². The number of carbonyl (C=O) groups excluding carboxylic acids is 1. The first-order valence-corrected chi connectivity index (χ1v) is 6.32. The number of hydrogen-bond acceptors (Lipinski definition) is 4. The van der Waals surface area contributed by atoms with Crippen molar-refractivity contribution in [3.63, 3.8) is 0 Å². The van der Waals surface area contributed by atoms with Gasteiger partial charge in [0, 0.05) is 45.4 Å². The lowest BCUT2D eigenvalue weighted by atomic mass is 9.86. The van der Waals surface area contributed by atoms with Crippen LogP contribution >= 0.6 is 0 Å². The third kappa shape index (κ3) is 1.31. The van der Waals surface area contributed by atoms with E-state index in [1.807, 2.05) is 19.2 Å². The van der Waals surface area contributed by atoms with Crippen LogP contribution in [0.15, 0.2) is 12.1 Å². The van der Waals surface area contributed by atoms with Crippen molar-refractivity contribution in [3.8, 4) is 5.75 Å². The topological polar surface area (TPSA) is 42.0 Å². The van der Waals surface area contributed by atoms with E-state index in [-0.39, 0.29) is 5.91 Å². The van der Waals surface area contributed by atoms with Gasteiger partial charge in [0.2, 0.25) is 0 Å². The molecule has 1 aromatic carbocycles. The molecule has 1 unspecified atom stereocenters. The fourth-order valence-corrected chi connectivity index (χ4v) is 3.22. The molecule has 2 heterocycles. The maximum Gasteiger partial charge on any atom is 0.263 e. The lowest BCUT2D eigenvalue weighted by Crippen LogP contribution is -2.45. The van der Waals surface area contributed by atoms with Crippen LogP contribution in [-0.2, 0) is 15.1 Å². The molecule has 102 valence electrons. The highest BCUT2D eigenvalue weighted by atomic mass is 16.5. The molecule has 0 radical (unpaired) electrons. The molecule has 2 aliphatic heterocycles. The van der Waals surface area contributed by atoms with Gasteiger partial charge in [-0.25, -0.2) is 0 Å². The highest BCUT2D eigenvalue weighted by Crippen LogP contribution is 2.54. The van der Waals surface area contributed by atoms with E-state index in [9.17, 15) is 4.79 Å². The van der Waals surface area contributed by atoms with Crippen LogP contribution in [0.1, 0.15) is 12.0 Å². The fraction of sp³-hybridized carbons (Fsp3) is 0.500. The average molecular weight is 262 g/mol. The number of methoxy groups -OCH3 is 2. The molecule has 3 rings (SSSR count). The summed E-state index contributed by atoms with van der Waals surface area (Å²) in [6, 6.07) is 3.91. The zero-order chi connectivity index (χ0) is 13.8. The Balaban J connectivity index is 2.36. The van der Waals surface area contributed by atoms with Gasteiger partial charge in [0.05, 0.1) is 12.8 Å². The monoisotopic (exact) mass is 262 g/mol. The van der Waals surface area contributed by atoms with Gasteiger partial charge in [-0.05, 0) is 12.1 Å². The number of nitrogens with zero attached hydrogens (tertiary/aromatic N) is 2. The number of likely N-dealkylation sites (N-methyl/N-ethyl adjacent to an activating group) is 1. The highest BCUT2D eigenvalue weighted by molar-refractivity contribution is 6.10. The number of ether oxygens (including phenoxy) is 2. The Labute approximate surface area is 112 Å². The number of benzene rings is 1.